The normalized spacial score (nSPS) is 17.9. The van der Waals surface area contributed by atoms with Crippen LogP contribution in [0.25, 0.3) is 5.69 Å². The summed E-state index contributed by atoms with van der Waals surface area (Å²) in [7, 11) is -4.19. The van der Waals surface area contributed by atoms with E-state index in [0.717, 1.165) is 24.5 Å². The van der Waals surface area contributed by atoms with Crippen molar-refractivity contribution in [1.29, 1.82) is 0 Å². The Bertz CT molecular complexity index is 1540. The first kappa shape index (κ1) is 28.7. The SMILES string of the molecule is Cc1ccc(-n2nc(C(=O)NC[C@H]3CCCO3)c(C)c2Oc2ccc([N+](=O)[O-])cc2S(=O)(=O)N2CCOCC2)cc1. The average molecular weight is 586 g/mol. The number of benzene rings is 2. The second-order valence-electron chi connectivity index (χ2n) is 9.88. The second kappa shape index (κ2) is 11.9. The van der Waals surface area contributed by atoms with Crippen molar-refractivity contribution >= 4 is 21.6 Å². The molecule has 0 radical (unpaired) electrons. The zero-order valence-corrected chi connectivity index (χ0v) is 23.6. The highest BCUT2D eigenvalue weighted by atomic mass is 32.2. The van der Waals surface area contributed by atoms with E-state index >= 15 is 0 Å². The first-order chi connectivity index (χ1) is 19.6. The number of ether oxygens (including phenoxy) is 3. The summed E-state index contributed by atoms with van der Waals surface area (Å²) in [6, 6.07) is 10.7. The van der Waals surface area contributed by atoms with Gasteiger partial charge in [0, 0.05) is 43.9 Å². The summed E-state index contributed by atoms with van der Waals surface area (Å²) in [5.74, 6) is -0.466. The molecule has 2 fully saturated rings. The number of carbonyl (C=O) groups is 1. The van der Waals surface area contributed by atoms with Crippen LogP contribution in [0.5, 0.6) is 11.6 Å². The van der Waals surface area contributed by atoms with Crippen molar-refractivity contribution in [2.75, 3.05) is 39.5 Å². The zero-order chi connectivity index (χ0) is 29.1. The van der Waals surface area contributed by atoms with E-state index < -0.39 is 26.5 Å². The molecule has 14 heteroatoms. The molecule has 0 saturated carbocycles. The van der Waals surface area contributed by atoms with Crippen LogP contribution in [0.3, 0.4) is 0 Å². The van der Waals surface area contributed by atoms with Gasteiger partial charge in [0.2, 0.25) is 15.9 Å². The maximum Gasteiger partial charge on any atom is 0.272 e. The molecule has 218 valence electrons. The van der Waals surface area contributed by atoms with E-state index in [1.54, 1.807) is 19.1 Å². The minimum atomic E-state index is -4.19. The van der Waals surface area contributed by atoms with Crippen LogP contribution in [0.1, 0.15) is 34.5 Å². The van der Waals surface area contributed by atoms with E-state index in [9.17, 15) is 23.3 Å². The molecule has 41 heavy (non-hydrogen) atoms. The number of aromatic nitrogens is 2. The van der Waals surface area contributed by atoms with Gasteiger partial charge < -0.3 is 19.5 Å². The molecule has 1 atom stereocenters. The van der Waals surface area contributed by atoms with E-state index in [2.05, 4.69) is 10.4 Å². The average Bonchev–Trinajstić information content (AvgIpc) is 3.61. The van der Waals surface area contributed by atoms with E-state index in [1.807, 2.05) is 19.1 Å². The minimum Gasteiger partial charge on any atom is -0.437 e. The lowest BCUT2D eigenvalue weighted by atomic mass is 10.2. The van der Waals surface area contributed by atoms with Gasteiger partial charge in [-0.05, 0) is 44.9 Å². The number of nitrogens with one attached hydrogen (secondary N) is 1. The number of rotatable bonds is 9. The van der Waals surface area contributed by atoms with Crippen molar-refractivity contribution in [3.63, 3.8) is 0 Å². The summed E-state index contributed by atoms with van der Waals surface area (Å²) in [6.07, 6.45) is 1.72. The molecule has 1 aromatic heterocycles. The predicted molar refractivity (Wildman–Crippen MR) is 147 cm³/mol. The summed E-state index contributed by atoms with van der Waals surface area (Å²) in [5, 5.41) is 18.9. The number of carbonyl (C=O) groups excluding carboxylic acids is 1. The third-order valence-corrected chi connectivity index (χ3v) is 8.93. The molecule has 0 unspecified atom stereocenters. The fraction of sp³-hybridized carbons (Fsp3) is 0.407. The van der Waals surface area contributed by atoms with Gasteiger partial charge in [0.1, 0.15) is 10.6 Å². The Morgan fingerprint density at radius 3 is 2.54 bits per heavy atom. The van der Waals surface area contributed by atoms with Crippen molar-refractivity contribution in [3.05, 3.63) is 69.4 Å². The molecule has 2 aliphatic rings. The van der Waals surface area contributed by atoms with Crippen molar-refractivity contribution in [2.45, 2.75) is 37.7 Å². The van der Waals surface area contributed by atoms with Gasteiger partial charge in [-0.3, -0.25) is 14.9 Å². The van der Waals surface area contributed by atoms with E-state index in [1.165, 1.54) is 21.1 Å². The van der Waals surface area contributed by atoms with E-state index in [-0.39, 0.29) is 54.6 Å². The quantitative estimate of drug-likeness (QED) is 0.295. The monoisotopic (exact) mass is 585 g/mol. The van der Waals surface area contributed by atoms with Crippen LogP contribution in [-0.2, 0) is 19.5 Å². The molecular weight excluding hydrogens is 554 g/mol. The van der Waals surface area contributed by atoms with Crippen LogP contribution in [0, 0.1) is 24.0 Å². The molecule has 3 heterocycles. The molecule has 3 aromatic rings. The van der Waals surface area contributed by atoms with Gasteiger partial charge in [-0.15, -0.1) is 0 Å². The topological polar surface area (TPSA) is 155 Å². The Labute approximate surface area is 237 Å². The fourth-order valence-corrected chi connectivity index (χ4v) is 6.24. The third-order valence-electron chi connectivity index (χ3n) is 7.01. The lowest BCUT2D eigenvalue weighted by Crippen LogP contribution is -2.40. The number of hydrogen-bond donors (Lipinski definition) is 1. The van der Waals surface area contributed by atoms with Gasteiger partial charge in [0.25, 0.3) is 11.6 Å². The molecule has 5 rings (SSSR count). The van der Waals surface area contributed by atoms with Gasteiger partial charge in [0.15, 0.2) is 5.69 Å². The third kappa shape index (κ3) is 6.10. The van der Waals surface area contributed by atoms with Crippen LogP contribution in [-0.4, -0.2) is 78.9 Å². The van der Waals surface area contributed by atoms with Crippen LogP contribution in [0.2, 0.25) is 0 Å². The van der Waals surface area contributed by atoms with Crippen molar-refractivity contribution in [1.82, 2.24) is 19.4 Å². The van der Waals surface area contributed by atoms with Gasteiger partial charge in [0.05, 0.1) is 29.9 Å². The molecule has 2 aromatic carbocycles. The molecule has 0 bridgehead atoms. The number of nitrogens with zero attached hydrogens (tertiary/aromatic N) is 4. The summed E-state index contributed by atoms with van der Waals surface area (Å²) in [6.45, 7) is 5.16. The standard InChI is InChI=1S/C27H31N5O8S/c1-18-5-7-20(8-6-18)31-27(19(2)25(29-31)26(33)28-17-22-4-3-13-39-22)40-23-10-9-21(32(34)35)16-24(23)41(36,37)30-11-14-38-15-12-30/h5-10,16,22H,3-4,11-15,17H2,1-2H3,(H,28,33)/t22-/m1/s1. The Hall–Kier alpha value is -3.85. The highest BCUT2D eigenvalue weighted by Gasteiger charge is 2.33. The molecular formula is C27H31N5O8S. The number of nitro benzene ring substituents is 1. The van der Waals surface area contributed by atoms with Crippen molar-refractivity contribution < 1.29 is 32.3 Å². The first-order valence-corrected chi connectivity index (χ1v) is 14.7. The van der Waals surface area contributed by atoms with Crippen LogP contribution in [0.15, 0.2) is 47.4 Å². The summed E-state index contributed by atoms with van der Waals surface area (Å²) in [5.41, 5.74) is 1.64. The van der Waals surface area contributed by atoms with Crippen LogP contribution < -0.4 is 10.1 Å². The fourth-order valence-electron chi connectivity index (χ4n) is 4.70. The van der Waals surface area contributed by atoms with Gasteiger partial charge >= 0.3 is 0 Å². The number of amides is 1. The van der Waals surface area contributed by atoms with E-state index in [4.69, 9.17) is 14.2 Å². The highest BCUT2D eigenvalue weighted by Crippen LogP contribution is 2.37. The van der Waals surface area contributed by atoms with Crippen LogP contribution in [0.4, 0.5) is 5.69 Å². The summed E-state index contributed by atoms with van der Waals surface area (Å²) < 4.78 is 47.0. The van der Waals surface area contributed by atoms with Crippen LogP contribution >= 0.6 is 0 Å². The Morgan fingerprint density at radius 2 is 1.88 bits per heavy atom. The lowest BCUT2D eigenvalue weighted by molar-refractivity contribution is -0.385. The molecule has 2 saturated heterocycles. The zero-order valence-electron chi connectivity index (χ0n) is 22.7. The molecule has 0 aliphatic carbocycles. The largest absolute Gasteiger partial charge is 0.437 e. The smallest absolute Gasteiger partial charge is 0.272 e. The van der Waals surface area contributed by atoms with Gasteiger partial charge in [-0.1, -0.05) is 17.7 Å². The Kier molecular flexibility index (Phi) is 8.35. The Balaban J connectivity index is 1.56. The highest BCUT2D eigenvalue weighted by molar-refractivity contribution is 7.89. The summed E-state index contributed by atoms with van der Waals surface area (Å²) in [4.78, 5) is 23.7. The molecule has 0 spiro atoms. The maximum absolute atomic E-state index is 13.6. The summed E-state index contributed by atoms with van der Waals surface area (Å²) >= 11 is 0. The Morgan fingerprint density at radius 1 is 1.15 bits per heavy atom. The predicted octanol–water partition coefficient (Wildman–Crippen LogP) is 3.12. The molecule has 2 aliphatic heterocycles. The number of sulfonamides is 1. The second-order valence-corrected chi connectivity index (χ2v) is 11.8. The number of morpholine rings is 1. The maximum atomic E-state index is 13.6. The van der Waals surface area contributed by atoms with Crippen molar-refractivity contribution in [2.24, 2.45) is 0 Å². The van der Waals surface area contributed by atoms with E-state index in [0.29, 0.717) is 24.4 Å². The molecule has 1 amide bonds. The van der Waals surface area contributed by atoms with Gasteiger partial charge in [-0.2, -0.15) is 14.1 Å². The number of nitro groups is 1. The number of non-ortho nitro benzene ring substituents is 1. The lowest BCUT2D eigenvalue weighted by Gasteiger charge is -2.26. The molecule has 13 nitrogen and oxygen atoms in total. The van der Waals surface area contributed by atoms with Gasteiger partial charge in [-0.25, -0.2) is 8.42 Å². The number of aryl methyl sites for hydroxylation is 1. The van der Waals surface area contributed by atoms with Crippen molar-refractivity contribution in [3.8, 4) is 17.3 Å². The molecule has 1 N–H and O–H groups in total. The first-order valence-electron chi connectivity index (χ1n) is 13.3. The number of hydrogen-bond acceptors (Lipinski definition) is 9. The minimum absolute atomic E-state index is 0.0674.